The summed E-state index contributed by atoms with van der Waals surface area (Å²) in [4.78, 5) is 0. The normalized spacial score (nSPS) is 11.8. The maximum absolute atomic E-state index is 5.99. The highest BCUT2D eigenvalue weighted by molar-refractivity contribution is 5.62. The van der Waals surface area contributed by atoms with Gasteiger partial charge < -0.3 is 19.9 Å². The lowest BCUT2D eigenvalue weighted by molar-refractivity contribution is 0.226. The topological polar surface area (TPSA) is 53.7 Å². The van der Waals surface area contributed by atoms with E-state index >= 15 is 0 Å². The quantitative estimate of drug-likeness (QED) is 0.848. The first kappa shape index (κ1) is 14.1. The Morgan fingerprint density at radius 1 is 0.900 bits per heavy atom. The van der Waals surface area contributed by atoms with E-state index < -0.39 is 0 Å². The van der Waals surface area contributed by atoms with Gasteiger partial charge in [0, 0.05) is 12.1 Å². The Morgan fingerprint density at radius 2 is 1.50 bits per heavy atom. The Hall–Kier alpha value is -2.36. The molecule has 0 saturated heterocycles. The fourth-order valence-electron chi connectivity index (χ4n) is 1.96. The lowest BCUT2D eigenvalue weighted by Gasteiger charge is -2.18. The SMILES string of the molecule is COc1cc(N)c(OC(C)c2ccccc2)cc1OC. The zero-order chi connectivity index (χ0) is 14.5. The Bertz CT molecular complexity index is 569. The summed E-state index contributed by atoms with van der Waals surface area (Å²) in [5.41, 5.74) is 7.59. The lowest BCUT2D eigenvalue weighted by atomic mass is 10.1. The molecule has 20 heavy (non-hydrogen) atoms. The third kappa shape index (κ3) is 2.96. The summed E-state index contributed by atoms with van der Waals surface area (Å²) in [5, 5.41) is 0. The van der Waals surface area contributed by atoms with Crippen LogP contribution in [0.15, 0.2) is 42.5 Å². The van der Waals surface area contributed by atoms with Crippen molar-refractivity contribution >= 4 is 5.69 Å². The van der Waals surface area contributed by atoms with Gasteiger partial charge in [0.05, 0.1) is 19.9 Å². The van der Waals surface area contributed by atoms with E-state index in [0.29, 0.717) is 22.9 Å². The summed E-state index contributed by atoms with van der Waals surface area (Å²) in [6, 6.07) is 13.4. The fraction of sp³-hybridized carbons (Fsp3) is 0.250. The number of hydrogen-bond donors (Lipinski definition) is 1. The summed E-state index contributed by atoms with van der Waals surface area (Å²) in [6.07, 6.45) is -0.100. The van der Waals surface area contributed by atoms with Gasteiger partial charge in [-0.05, 0) is 12.5 Å². The number of nitrogens with two attached hydrogens (primary N) is 1. The van der Waals surface area contributed by atoms with Crippen molar-refractivity contribution in [3.05, 3.63) is 48.0 Å². The van der Waals surface area contributed by atoms with Gasteiger partial charge in [-0.2, -0.15) is 0 Å². The molecule has 0 aliphatic heterocycles. The summed E-state index contributed by atoms with van der Waals surface area (Å²) in [5.74, 6) is 1.76. The van der Waals surface area contributed by atoms with Crippen LogP contribution in [0.1, 0.15) is 18.6 Å². The van der Waals surface area contributed by atoms with E-state index in [4.69, 9.17) is 19.9 Å². The van der Waals surface area contributed by atoms with Crippen molar-refractivity contribution in [3.8, 4) is 17.2 Å². The van der Waals surface area contributed by atoms with Crippen LogP contribution >= 0.6 is 0 Å². The first-order chi connectivity index (χ1) is 9.65. The Balaban J connectivity index is 2.25. The second-order valence-corrected chi connectivity index (χ2v) is 4.42. The second kappa shape index (κ2) is 6.19. The van der Waals surface area contributed by atoms with Gasteiger partial charge in [0.15, 0.2) is 11.5 Å². The van der Waals surface area contributed by atoms with E-state index in [1.807, 2.05) is 37.3 Å². The van der Waals surface area contributed by atoms with Crippen molar-refractivity contribution in [1.82, 2.24) is 0 Å². The highest BCUT2D eigenvalue weighted by Crippen LogP contribution is 2.37. The number of anilines is 1. The van der Waals surface area contributed by atoms with Crippen LogP contribution in [0.25, 0.3) is 0 Å². The molecule has 1 atom stereocenters. The monoisotopic (exact) mass is 273 g/mol. The highest BCUT2D eigenvalue weighted by Gasteiger charge is 2.13. The summed E-state index contributed by atoms with van der Waals surface area (Å²) >= 11 is 0. The molecule has 106 valence electrons. The van der Waals surface area contributed by atoms with E-state index in [-0.39, 0.29) is 6.10 Å². The van der Waals surface area contributed by atoms with Gasteiger partial charge in [-0.15, -0.1) is 0 Å². The zero-order valence-corrected chi connectivity index (χ0v) is 11.9. The van der Waals surface area contributed by atoms with Gasteiger partial charge in [-0.25, -0.2) is 0 Å². The van der Waals surface area contributed by atoms with Crippen LogP contribution in [-0.2, 0) is 0 Å². The predicted molar refractivity (Wildman–Crippen MR) is 79.4 cm³/mol. The van der Waals surface area contributed by atoms with Gasteiger partial charge in [0.25, 0.3) is 0 Å². The highest BCUT2D eigenvalue weighted by atomic mass is 16.5. The van der Waals surface area contributed by atoms with Crippen LogP contribution in [0.2, 0.25) is 0 Å². The van der Waals surface area contributed by atoms with Gasteiger partial charge in [-0.1, -0.05) is 30.3 Å². The number of hydrogen-bond acceptors (Lipinski definition) is 4. The van der Waals surface area contributed by atoms with Crippen LogP contribution in [0.3, 0.4) is 0 Å². The molecule has 4 heteroatoms. The number of rotatable bonds is 5. The molecule has 2 aromatic carbocycles. The first-order valence-electron chi connectivity index (χ1n) is 6.38. The third-order valence-electron chi connectivity index (χ3n) is 3.09. The van der Waals surface area contributed by atoms with E-state index in [1.165, 1.54) is 0 Å². The fourth-order valence-corrected chi connectivity index (χ4v) is 1.96. The lowest BCUT2D eigenvalue weighted by Crippen LogP contribution is -2.05. The molecule has 0 aromatic heterocycles. The van der Waals surface area contributed by atoms with Crippen molar-refractivity contribution in [2.45, 2.75) is 13.0 Å². The van der Waals surface area contributed by atoms with Crippen molar-refractivity contribution in [3.63, 3.8) is 0 Å². The Kier molecular flexibility index (Phi) is 4.35. The Labute approximate surface area is 119 Å². The van der Waals surface area contributed by atoms with Gasteiger partial charge in [-0.3, -0.25) is 0 Å². The van der Waals surface area contributed by atoms with Crippen LogP contribution < -0.4 is 19.9 Å². The maximum atomic E-state index is 5.99. The molecule has 2 rings (SSSR count). The van der Waals surface area contributed by atoms with Gasteiger partial charge in [0.1, 0.15) is 11.9 Å². The average Bonchev–Trinajstić information content (AvgIpc) is 2.49. The smallest absolute Gasteiger partial charge is 0.164 e. The van der Waals surface area contributed by atoms with E-state index in [0.717, 1.165) is 5.56 Å². The molecular formula is C16H19NO3. The van der Waals surface area contributed by atoms with Crippen LogP contribution in [0.4, 0.5) is 5.69 Å². The molecule has 2 N–H and O–H groups in total. The molecule has 4 nitrogen and oxygen atoms in total. The largest absolute Gasteiger partial charge is 0.493 e. The Morgan fingerprint density at radius 3 is 2.10 bits per heavy atom. The van der Waals surface area contributed by atoms with E-state index in [1.54, 1.807) is 26.4 Å². The van der Waals surface area contributed by atoms with E-state index in [2.05, 4.69) is 0 Å². The molecule has 0 aliphatic carbocycles. The molecule has 0 amide bonds. The molecule has 0 bridgehead atoms. The average molecular weight is 273 g/mol. The zero-order valence-electron chi connectivity index (χ0n) is 11.9. The molecule has 0 radical (unpaired) electrons. The summed E-state index contributed by atoms with van der Waals surface area (Å²) in [7, 11) is 3.16. The molecule has 0 heterocycles. The number of ether oxygens (including phenoxy) is 3. The van der Waals surface area contributed by atoms with Crippen molar-refractivity contribution in [2.24, 2.45) is 0 Å². The second-order valence-electron chi connectivity index (χ2n) is 4.42. The maximum Gasteiger partial charge on any atom is 0.164 e. The summed E-state index contributed by atoms with van der Waals surface area (Å²) in [6.45, 7) is 1.98. The third-order valence-corrected chi connectivity index (χ3v) is 3.09. The first-order valence-corrected chi connectivity index (χ1v) is 6.38. The minimum absolute atomic E-state index is 0.100. The predicted octanol–water partition coefficient (Wildman–Crippen LogP) is 3.43. The van der Waals surface area contributed by atoms with Crippen LogP contribution in [0, 0.1) is 0 Å². The number of methoxy groups -OCH3 is 2. The van der Waals surface area contributed by atoms with Crippen LogP contribution in [0.5, 0.6) is 17.2 Å². The molecule has 0 aliphatic rings. The van der Waals surface area contributed by atoms with Crippen molar-refractivity contribution < 1.29 is 14.2 Å². The molecule has 0 fully saturated rings. The number of nitrogen functional groups attached to an aromatic ring is 1. The molecular weight excluding hydrogens is 254 g/mol. The molecule has 0 saturated carbocycles. The van der Waals surface area contributed by atoms with Crippen molar-refractivity contribution in [1.29, 1.82) is 0 Å². The molecule has 0 spiro atoms. The van der Waals surface area contributed by atoms with Crippen molar-refractivity contribution in [2.75, 3.05) is 20.0 Å². The van der Waals surface area contributed by atoms with Crippen LogP contribution in [-0.4, -0.2) is 14.2 Å². The molecule has 1 unspecified atom stereocenters. The number of benzene rings is 2. The van der Waals surface area contributed by atoms with Gasteiger partial charge in [0.2, 0.25) is 0 Å². The molecule has 2 aromatic rings. The van der Waals surface area contributed by atoms with Gasteiger partial charge >= 0.3 is 0 Å². The summed E-state index contributed by atoms with van der Waals surface area (Å²) < 4.78 is 16.4. The standard InChI is InChI=1S/C16H19NO3/c1-11(12-7-5-4-6-8-12)20-14-10-16(19-3)15(18-2)9-13(14)17/h4-11H,17H2,1-3H3. The minimum Gasteiger partial charge on any atom is -0.493 e. The van der Waals surface area contributed by atoms with E-state index in [9.17, 15) is 0 Å². The minimum atomic E-state index is -0.100.